The molecule has 0 saturated carbocycles. The van der Waals surface area contributed by atoms with Crippen LogP contribution in [-0.2, 0) is 21.2 Å². The minimum atomic E-state index is -2.88. The molecule has 0 radical (unpaired) electrons. The molecule has 1 atom stereocenters. The number of carbonyl (C=O) groups excluding carboxylic acids is 1. The van der Waals surface area contributed by atoms with E-state index < -0.39 is 9.84 Å². The van der Waals surface area contributed by atoms with E-state index in [2.05, 4.69) is 5.32 Å². The number of nitrogens with zero attached hydrogens (tertiary/aromatic N) is 1. The molecular weight excluding hydrogens is 292 g/mol. The first-order chi connectivity index (χ1) is 9.85. The fourth-order valence-electron chi connectivity index (χ4n) is 2.44. The van der Waals surface area contributed by atoms with Gasteiger partial charge in [-0.15, -0.1) is 0 Å². The number of furan rings is 1. The van der Waals surface area contributed by atoms with Gasteiger partial charge in [0.15, 0.2) is 9.84 Å². The van der Waals surface area contributed by atoms with Crippen molar-refractivity contribution >= 4 is 15.7 Å². The number of amides is 1. The van der Waals surface area contributed by atoms with Gasteiger partial charge in [-0.1, -0.05) is 0 Å². The van der Waals surface area contributed by atoms with Crippen LogP contribution in [0.25, 0.3) is 0 Å². The van der Waals surface area contributed by atoms with Crippen LogP contribution in [0.4, 0.5) is 0 Å². The van der Waals surface area contributed by atoms with Crippen molar-refractivity contribution in [3.8, 4) is 0 Å². The second-order valence-electron chi connectivity index (χ2n) is 5.58. The summed E-state index contributed by atoms with van der Waals surface area (Å²) in [6, 6.07) is 3.73. The van der Waals surface area contributed by atoms with Crippen LogP contribution < -0.4 is 5.32 Å². The van der Waals surface area contributed by atoms with E-state index >= 15 is 0 Å². The summed E-state index contributed by atoms with van der Waals surface area (Å²) in [6.07, 6.45) is 1.01. The number of sulfone groups is 1. The van der Waals surface area contributed by atoms with Gasteiger partial charge in [0.05, 0.1) is 18.1 Å². The Morgan fingerprint density at radius 1 is 1.48 bits per heavy atom. The van der Waals surface area contributed by atoms with Gasteiger partial charge in [-0.2, -0.15) is 0 Å². The van der Waals surface area contributed by atoms with Crippen LogP contribution in [0.15, 0.2) is 16.5 Å². The monoisotopic (exact) mass is 314 g/mol. The predicted octanol–water partition coefficient (Wildman–Crippen LogP) is 0.713. The molecule has 0 unspecified atom stereocenters. The molecule has 1 saturated heterocycles. The van der Waals surface area contributed by atoms with Crippen LogP contribution in [0.2, 0.25) is 0 Å². The van der Waals surface area contributed by atoms with E-state index in [0.717, 1.165) is 11.5 Å². The Morgan fingerprint density at radius 2 is 2.24 bits per heavy atom. The van der Waals surface area contributed by atoms with Crippen molar-refractivity contribution in [1.29, 1.82) is 0 Å². The normalized spacial score (nSPS) is 20.8. The lowest BCUT2D eigenvalue weighted by atomic mass is 10.2. The predicted molar refractivity (Wildman–Crippen MR) is 79.6 cm³/mol. The van der Waals surface area contributed by atoms with Crippen molar-refractivity contribution in [1.82, 2.24) is 10.2 Å². The van der Waals surface area contributed by atoms with Crippen molar-refractivity contribution in [2.24, 2.45) is 0 Å². The third-order valence-electron chi connectivity index (χ3n) is 3.78. The van der Waals surface area contributed by atoms with Crippen molar-refractivity contribution < 1.29 is 17.6 Å². The van der Waals surface area contributed by atoms with E-state index in [9.17, 15) is 13.2 Å². The molecule has 1 aliphatic heterocycles. The standard InChI is InChI=1S/C14H22N2O4S/c1-11-3-4-13(20-11)9-15-14(17)5-7-16(2)12-6-8-21(18,19)10-12/h3-4,12H,5-10H2,1-2H3,(H,15,17)/t12-/m0/s1. The smallest absolute Gasteiger partial charge is 0.221 e. The van der Waals surface area contributed by atoms with Crippen molar-refractivity contribution in [2.75, 3.05) is 25.1 Å². The zero-order valence-electron chi connectivity index (χ0n) is 12.5. The summed E-state index contributed by atoms with van der Waals surface area (Å²) in [6.45, 7) is 2.80. The molecule has 2 heterocycles. The molecule has 0 aliphatic carbocycles. The molecule has 2 rings (SSSR count). The third kappa shape index (κ3) is 4.86. The van der Waals surface area contributed by atoms with Crippen molar-refractivity contribution in [3.63, 3.8) is 0 Å². The maximum absolute atomic E-state index is 11.8. The van der Waals surface area contributed by atoms with Crippen LogP contribution in [0.5, 0.6) is 0 Å². The maximum atomic E-state index is 11.8. The van der Waals surface area contributed by atoms with E-state index in [1.807, 2.05) is 31.0 Å². The van der Waals surface area contributed by atoms with Crippen molar-refractivity contribution in [2.45, 2.75) is 32.4 Å². The second kappa shape index (κ2) is 6.62. The largest absolute Gasteiger partial charge is 0.465 e. The van der Waals surface area contributed by atoms with E-state index in [0.29, 0.717) is 25.9 Å². The average molecular weight is 314 g/mol. The molecule has 6 nitrogen and oxygen atoms in total. The Morgan fingerprint density at radius 3 is 2.81 bits per heavy atom. The number of carbonyl (C=O) groups is 1. The highest BCUT2D eigenvalue weighted by molar-refractivity contribution is 7.91. The SMILES string of the molecule is Cc1ccc(CNC(=O)CCN(C)[C@H]2CCS(=O)(=O)C2)o1. The molecule has 1 aliphatic rings. The Labute approximate surface area is 125 Å². The molecule has 118 valence electrons. The molecule has 1 N–H and O–H groups in total. The topological polar surface area (TPSA) is 79.6 Å². The molecule has 0 bridgehead atoms. The highest BCUT2D eigenvalue weighted by Crippen LogP contribution is 2.16. The average Bonchev–Trinajstić information content (AvgIpc) is 2.99. The number of nitrogens with one attached hydrogen (secondary N) is 1. The van der Waals surface area contributed by atoms with Gasteiger partial charge >= 0.3 is 0 Å². The number of rotatable bonds is 6. The number of aryl methyl sites for hydroxylation is 1. The molecule has 1 fully saturated rings. The van der Waals surface area contributed by atoms with Crippen LogP contribution in [0.3, 0.4) is 0 Å². The van der Waals surface area contributed by atoms with Gasteiger partial charge < -0.3 is 14.6 Å². The van der Waals surface area contributed by atoms with Crippen LogP contribution in [0, 0.1) is 6.92 Å². The maximum Gasteiger partial charge on any atom is 0.221 e. The summed E-state index contributed by atoms with van der Waals surface area (Å²) in [7, 11) is -1.01. The van der Waals surface area contributed by atoms with Crippen LogP contribution in [-0.4, -0.2) is 50.4 Å². The van der Waals surface area contributed by atoms with E-state index in [1.165, 1.54) is 0 Å². The lowest BCUT2D eigenvalue weighted by Gasteiger charge is -2.22. The molecule has 1 aromatic heterocycles. The fraction of sp³-hybridized carbons (Fsp3) is 0.643. The van der Waals surface area contributed by atoms with Gasteiger partial charge in [-0.25, -0.2) is 8.42 Å². The summed E-state index contributed by atoms with van der Waals surface area (Å²) in [5.74, 6) is 1.96. The Hall–Kier alpha value is -1.34. The second-order valence-corrected chi connectivity index (χ2v) is 7.81. The van der Waals surface area contributed by atoms with Gasteiger partial charge in [-0.05, 0) is 32.5 Å². The summed E-state index contributed by atoms with van der Waals surface area (Å²) >= 11 is 0. The van der Waals surface area contributed by atoms with Gasteiger partial charge in [0.1, 0.15) is 11.5 Å². The number of hydrogen-bond acceptors (Lipinski definition) is 5. The third-order valence-corrected chi connectivity index (χ3v) is 5.53. The van der Waals surface area contributed by atoms with E-state index in [4.69, 9.17) is 4.42 Å². The van der Waals surface area contributed by atoms with Gasteiger partial charge in [-0.3, -0.25) is 4.79 Å². The number of hydrogen-bond donors (Lipinski definition) is 1. The van der Waals surface area contributed by atoms with E-state index in [1.54, 1.807) is 0 Å². The lowest BCUT2D eigenvalue weighted by Crippen LogP contribution is -2.36. The van der Waals surface area contributed by atoms with Gasteiger partial charge in [0.2, 0.25) is 5.91 Å². The molecule has 1 aromatic rings. The molecule has 7 heteroatoms. The zero-order valence-corrected chi connectivity index (χ0v) is 13.3. The lowest BCUT2D eigenvalue weighted by molar-refractivity contribution is -0.121. The summed E-state index contributed by atoms with van der Waals surface area (Å²) in [4.78, 5) is 13.7. The van der Waals surface area contributed by atoms with Gasteiger partial charge in [0, 0.05) is 19.0 Å². The molecule has 0 aromatic carbocycles. The first kappa shape index (κ1) is 16.0. The van der Waals surface area contributed by atoms with Gasteiger partial charge in [0.25, 0.3) is 0 Å². The first-order valence-electron chi connectivity index (χ1n) is 7.08. The Bertz CT molecular complexity index is 594. The summed E-state index contributed by atoms with van der Waals surface area (Å²) < 4.78 is 28.2. The molecule has 1 amide bonds. The van der Waals surface area contributed by atoms with Crippen molar-refractivity contribution in [3.05, 3.63) is 23.7 Å². The molecule has 0 spiro atoms. The van der Waals surface area contributed by atoms with Crippen LogP contribution in [0.1, 0.15) is 24.4 Å². The summed E-state index contributed by atoms with van der Waals surface area (Å²) in [5, 5.41) is 2.80. The quantitative estimate of drug-likeness (QED) is 0.836. The van der Waals surface area contributed by atoms with E-state index in [-0.39, 0.29) is 23.5 Å². The Balaban J connectivity index is 1.69. The molecular formula is C14H22N2O4S. The van der Waals surface area contributed by atoms with Crippen LogP contribution >= 0.6 is 0 Å². The Kier molecular flexibility index (Phi) is 5.05. The molecule has 21 heavy (non-hydrogen) atoms. The minimum absolute atomic E-state index is 0.0375. The highest BCUT2D eigenvalue weighted by atomic mass is 32.2. The highest BCUT2D eigenvalue weighted by Gasteiger charge is 2.30. The zero-order chi connectivity index (χ0) is 15.5. The minimum Gasteiger partial charge on any atom is -0.465 e. The first-order valence-corrected chi connectivity index (χ1v) is 8.90. The fourth-order valence-corrected chi connectivity index (χ4v) is 4.24. The summed E-state index contributed by atoms with van der Waals surface area (Å²) in [5.41, 5.74) is 0.